The number of hydrogen-bond donors (Lipinski definition) is 1. The fraction of sp³-hybridized carbons (Fsp3) is 0.500. The maximum atomic E-state index is 10.9. The zero-order valence-electron chi connectivity index (χ0n) is 11.1. The molecule has 0 fully saturated rings. The van der Waals surface area contributed by atoms with Gasteiger partial charge in [-0.15, -0.1) is 0 Å². The van der Waals surface area contributed by atoms with Gasteiger partial charge in [0.05, 0.1) is 16.1 Å². The number of ether oxygens (including phenoxy) is 1. The van der Waals surface area contributed by atoms with Crippen LogP contribution in [0.2, 0.25) is 0 Å². The summed E-state index contributed by atoms with van der Waals surface area (Å²) in [5, 5.41) is 22.5. The highest BCUT2D eigenvalue weighted by Gasteiger charge is 2.21. The van der Waals surface area contributed by atoms with Crippen LogP contribution in [0.15, 0.2) is 12.3 Å². The van der Waals surface area contributed by atoms with Crippen LogP contribution in [0.5, 0.6) is 0 Å². The molecule has 0 atom stereocenters. The van der Waals surface area contributed by atoms with Crippen molar-refractivity contribution in [3.05, 3.63) is 27.9 Å². The summed E-state index contributed by atoms with van der Waals surface area (Å²) >= 11 is 0. The van der Waals surface area contributed by atoms with Gasteiger partial charge in [0.1, 0.15) is 6.07 Å². The van der Waals surface area contributed by atoms with Gasteiger partial charge in [0.25, 0.3) is 0 Å². The van der Waals surface area contributed by atoms with Crippen LogP contribution < -0.4 is 5.32 Å². The van der Waals surface area contributed by atoms with Crippen molar-refractivity contribution in [2.24, 2.45) is 0 Å². The Morgan fingerprint density at radius 1 is 1.63 bits per heavy atom. The Labute approximate surface area is 111 Å². The third kappa shape index (κ3) is 4.19. The molecule has 0 bridgehead atoms. The first-order valence-corrected chi connectivity index (χ1v) is 5.82. The number of rotatable bonds is 6. The molecular formula is C12H16N4O3. The average Bonchev–Trinajstić information content (AvgIpc) is 2.36. The predicted molar refractivity (Wildman–Crippen MR) is 69.8 cm³/mol. The van der Waals surface area contributed by atoms with E-state index in [9.17, 15) is 10.1 Å². The zero-order chi connectivity index (χ0) is 14.5. The molecular weight excluding hydrogens is 248 g/mol. The lowest BCUT2D eigenvalue weighted by molar-refractivity contribution is -0.384. The standard InChI is InChI=1S/C12H16N4O3/c1-4-19-12(2,3)8-15-11-10(16(17)18)5-9(6-13)7-14-11/h5,7H,4,8H2,1-3H3,(H,14,15). The number of hydrogen-bond acceptors (Lipinski definition) is 6. The molecule has 7 nitrogen and oxygen atoms in total. The molecule has 1 N–H and O–H groups in total. The zero-order valence-corrected chi connectivity index (χ0v) is 11.1. The van der Waals surface area contributed by atoms with Crippen LogP contribution in [0, 0.1) is 21.4 Å². The first kappa shape index (κ1) is 14.9. The first-order chi connectivity index (χ1) is 8.89. The third-order valence-corrected chi connectivity index (χ3v) is 2.41. The summed E-state index contributed by atoms with van der Waals surface area (Å²) in [6, 6.07) is 3.02. The molecule has 0 saturated carbocycles. The Hall–Kier alpha value is -2.20. The Kier molecular flexibility index (Phi) is 4.78. The lowest BCUT2D eigenvalue weighted by Crippen LogP contribution is -2.33. The van der Waals surface area contributed by atoms with Gasteiger partial charge in [-0.3, -0.25) is 10.1 Å². The number of nitriles is 1. The average molecular weight is 264 g/mol. The largest absolute Gasteiger partial charge is 0.374 e. The molecule has 0 aliphatic rings. The molecule has 1 rings (SSSR count). The van der Waals surface area contributed by atoms with Crippen LogP contribution in [0.25, 0.3) is 0 Å². The van der Waals surface area contributed by atoms with Gasteiger partial charge in [0, 0.05) is 25.4 Å². The molecule has 0 aliphatic heterocycles. The SMILES string of the molecule is CCOC(C)(C)CNc1ncc(C#N)cc1[N+](=O)[O-]. The van der Waals surface area contributed by atoms with E-state index >= 15 is 0 Å². The monoisotopic (exact) mass is 264 g/mol. The first-order valence-electron chi connectivity index (χ1n) is 5.82. The molecule has 0 aliphatic carbocycles. The number of nitrogens with zero attached hydrogens (tertiary/aromatic N) is 3. The van der Waals surface area contributed by atoms with E-state index in [4.69, 9.17) is 10.00 Å². The Morgan fingerprint density at radius 3 is 2.84 bits per heavy atom. The van der Waals surface area contributed by atoms with Crippen LogP contribution >= 0.6 is 0 Å². The van der Waals surface area contributed by atoms with Crippen molar-refractivity contribution < 1.29 is 9.66 Å². The lowest BCUT2D eigenvalue weighted by Gasteiger charge is -2.25. The van der Waals surface area contributed by atoms with Crippen LogP contribution in [-0.2, 0) is 4.74 Å². The second kappa shape index (κ2) is 6.11. The van der Waals surface area contributed by atoms with E-state index in [2.05, 4.69) is 10.3 Å². The molecule has 0 radical (unpaired) electrons. The minimum Gasteiger partial charge on any atom is -0.374 e. The summed E-state index contributed by atoms with van der Waals surface area (Å²) in [5.41, 5.74) is -0.522. The van der Waals surface area contributed by atoms with Crippen molar-refractivity contribution in [2.75, 3.05) is 18.5 Å². The molecule has 0 saturated heterocycles. The van der Waals surface area contributed by atoms with Gasteiger partial charge in [0.15, 0.2) is 0 Å². The second-order valence-electron chi connectivity index (χ2n) is 4.51. The van der Waals surface area contributed by atoms with E-state index in [0.29, 0.717) is 13.2 Å². The number of nitro groups is 1. The minimum atomic E-state index is -0.566. The van der Waals surface area contributed by atoms with Crippen LogP contribution in [-0.4, -0.2) is 28.7 Å². The van der Waals surface area contributed by atoms with E-state index in [1.807, 2.05) is 26.8 Å². The van der Waals surface area contributed by atoms with Crippen molar-refractivity contribution in [1.82, 2.24) is 4.98 Å². The molecule has 1 aromatic rings. The molecule has 0 amide bonds. The van der Waals surface area contributed by atoms with Crippen molar-refractivity contribution >= 4 is 11.5 Å². The number of pyridine rings is 1. The maximum absolute atomic E-state index is 10.9. The number of nitrogens with one attached hydrogen (secondary N) is 1. The number of aromatic nitrogens is 1. The van der Waals surface area contributed by atoms with Gasteiger partial charge in [-0.2, -0.15) is 5.26 Å². The van der Waals surface area contributed by atoms with Crippen molar-refractivity contribution in [3.63, 3.8) is 0 Å². The summed E-state index contributed by atoms with van der Waals surface area (Å²) in [5.74, 6) is 0.136. The molecule has 19 heavy (non-hydrogen) atoms. The van der Waals surface area contributed by atoms with Crippen LogP contribution in [0.4, 0.5) is 11.5 Å². The van der Waals surface area contributed by atoms with Crippen molar-refractivity contribution in [2.45, 2.75) is 26.4 Å². The van der Waals surface area contributed by atoms with Gasteiger partial charge in [-0.25, -0.2) is 4.98 Å². The molecule has 7 heteroatoms. The van der Waals surface area contributed by atoms with Crippen LogP contribution in [0.3, 0.4) is 0 Å². The Bertz CT molecular complexity index is 508. The van der Waals surface area contributed by atoms with Gasteiger partial charge in [-0.1, -0.05) is 0 Å². The summed E-state index contributed by atoms with van der Waals surface area (Å²) in [7, 11) is 0. The topological polar surface area (TPSA) is 101 Å². The van der Waals surface area contributed by atoms with E-state index in [1.165, 1.54) is 12.3 Å². The Balaban J connectivity index is 2.90. The smallest absolute Gasteiger partial charge is 0.312 e. The fourth-order valence-corrected chi connectivity index (χ4v) is 1.53. The summed E-state index contributed by atoms with van der Waals surface area (Å²) in [6.07, 6.45) is 1.29. The van der Waals surface area contributed by atoms with Gasteiger partial charge < -0.3 is 10.1 Å². The van der Waals surface area contributed by atoms with E-state index in [0.717, 1.165) is 0 Å². The summed E-state index contributed by atoms with van der Waals surface area (Å²) in [6.45, 7) is 6.56. The van der Waals surface area contributed by atoms with E-state index in [1.54, 1.807) is 0 Å². The van der Waals surface area contributed by atoms with Gasteiger partial charge >= 0.3 is 5.69 Å². The quantitative estimate of drug-likeness (QED) is 0.623. The van der Waals surface area contributed by atoms with Gasteiger partial charge in [-0.05, 0) is 20.8 Å². The molecule has 1 aromatic heterocycles. The molecule has 1 heterocycles. The molecule has 102 valence electrons. The lowest BCUT2D eigenvalue weighted by atomic mass is 10.1. The second-order valence-corrected chi connectivity index (χ2v) is 4.51. The Morgan fingerprint density at radius 2 is 2.32 bits per heavy atom. The summed E-state index contributed by atoms with van der Waals surface area (Å²) < 4.78 is 5.48. The molecule has 0 aromatic carbocycles. The third-order valence-electron chi connectivity index (χ3n) is 2.41. The maximum Gasteiger partial charge on any atom is 0.312 e. The van der Waals surface area contributed by atoms with E-state index < -0.39 is 10.5 Å². The summed E-state index contributed by atoms with van der Waals surface area (Å²) in [4.78, 5) is 14.3. The van der Waals surface area contributed by atoms with Crippen molar-refractivity contribution in [1.29, 1.82) is 5.26 Å². The molecule has 0 spiro atoms. The van der Waals surface area contributed by atoms with Crippen molar-refractivity contribution in [3.8, 4) is 6.07 Å². The number of anilines is 1. The highest BCUT2D eigenvalue weighted by molar-refractivity contribution is 5.58. The highest BCUT2D eigenvalue weighted by Crippen LogP contribution is 2.23. The van der Waals surface area contributed by atoms with E-state index in [-0.39, 0.29) is 17.1 Å². The highest BCUT2D eigenvalue weighted by atomic mass is 16.6. The molecule has 0 unspecified atom stereocenters. The fourth-order valence-electron chi connectivity index (χ4n) is 1.53. The van der Waals surface area contributed by atoms with Gasteiger partial charge in [0.2, 0.25) is 5.82 Å². The van der Waals surface area contributed by atoms with Crippen LogP contribution in [0.1, 0.15) is 26.3 Å². The normalized spacial score (nSPS) is 10.8. The minimum absolute atomic E-state index is 0.136. The predicted octanol–water partition coefficient (Wildman–Crippen LogP) is 2.09.